The Balaban J connectivity index is 3.93. The molecular formula is C7H11F3N2O2. The third kappa shape index (κ3) is 8.82. The summed E-state index contributed by atoms with van der Waals surface area (Å²) in [6, 6.07) is 0. The van der Waals surface area contributed by atoms with Gasteiger partial charge in [-0.2, -0.15) is 18.3 Å². The molecule has 82 valence electrons. The molecule has 0 heterocycles. The molecule has 1 N–H and O–H groups in total. The minimum atomic E-state index is -4.55. The van der Waals surface area contributed by atoms with Crippen molar-refractivity contribution in [3.63, 3.8) is 0 Å². The number of halogens is 3. The van der Waals surface area contributed by atoms with Crippen LogP contribution in [0, 0.1) is 0 Å². The van der Waals surface area contributed by atoms with Crippen LogP contribution in [0.15, 0.2) is 5.10 Å². The smallest absolute Gasteiger partial charge is 0.428 e. The number of nitrogens with one attached hydrogen (secondary N) is 1. The Labute approximate surface area is 79.1 Å². The number of rotatable bonds is 1. The normalized spacial score (nSPS) is 13.0. The number of hydrogen-bond donors (Lipinski definition) is 1. The van der Waals surface area contributed by atoms with Crippen LogP contribution in [-0.2, 0) is 4.74 Å². The lowest BCUT2D eigenvalue weighted by Crippen LogP contribution is -2.30. The van der Waals surface area contributed by atoms with Gasteiger partial charge >= 0.3 is 12.3 Å². The van der Waals surface area contributed by atoms with Crippen molar-refractivity contribution in [2.45, 2.75) is 32.5 Å². The Morgan fingerprint density at radius 3 is 2.21 bits per heavy atom. The third-order valence-electron chi connectivity index (χ3n) is 0.766. The zero-order valence-corrected chi connectivity index (χ0v) is 7.97. The lowest BCUT2D eigenvalue weighted by atomic mass is 10.2. The van der Waals surface area contributed by atoms with Gasteiger partial charge in [0, 0.05) is 0 Å². The Hall–Kier alpha value is -1.27. The molecular weight excluding hydrogens is 201 g/mol. The van der Waals surface area contributed by atoms with Crippen molar-refractivity contribution in [1.29, 1.82) is 0 Å². The fraction of sp³-hybridized carbons (Fsp3) is 0.714. The predicted molar refractivity (Wildman–Crippen MR) is 43.9 cm³/mol. The Morgan fingerprint density at radius 1 is 1.36 bits per heavy atom. The van der Waals surface area contributed by atoms with Gasteiger partial charge in [-0.05, 0) is 20.8 Å². The SMILES string of the molecule is CC(C)(C)OC(=O)N/N=C\C(F)(F)F. The van der Waals surface area contributed by atoms with Crippen LogP contribution < -0.4 is 5.43 Å². The van der Waals surface area contributed by atoms with Gasteiger partial charge in [0.05, 0.1) is 0 Å². The van der Waals surface area contributed by atoms with E-state index >= 15 is 0 Å². The quantitative estimate of drug-likeness (QED) is 0.534. The van der Waals surface area contributed by atoms with E-state index in [9.17, 15) is 18.0 Å². The van der Waals surface area contributed by atoms with Gasteiger partial charge in [-0.1, -0.05) is 0 Å². The van der Waals surface area contributed by atoms with Crippen molar-refractivity contribution in [3.05, 3.63) is 0 Å². The molecule has 0 aliphatic carbocycles. The van der Waals surface area contributed by atoms with Gasteiger partial charge in [-0.25, -0.2) is 10.2 Å². The van der Waals surface area contributed by atoms with Crippen LogP contribution in [0.4, 0.5) is 18.0 Å². The largest absolute Gasteiger partial charge is 0.443 e. The number of carbonyl (C=O) groups excluding carboxylic acids is 1. The second kappa shape index (κ2) is 4.30. The molecule has 0 saturated heterocycles. The first kappa shape index (κ1) is 12.7. The van der Waals surface area contributed by atoms with Crippen molar-refractivity contribution in [3.8, 4) is 0 Å². The van der Waals surface area contributed by atoms with E-state index in [1.54, 1.807) is 26.2 Å². The van der Waals surface area contributed by atoms with E-state index in [0.717, 1.165) is 0 Å². The van der Waals surface area contributed by atoms with Gasteiger partial charge in [-0.3, -0.25) is 0 Å². The third-order valence-corrected chi connectivity index (χ3v) is 0.766. The maximum Gasteiger partial charge on any atom is 0.428 e. The van der Waals surface area contributed by atoms with Gasteiger partial charge in [0.1, 0.15) is 11.8 Å². The molecule has 0 aromatic rings. The number of alkyl halides is 3. The molecule has 0 aliphatic heterocycles. The summed E-state index contributed by atoms with van der Waals surface area (Å²) in [6.07, 6.45) is -5.91. The summed E-state index contributed by atoms with van der Waals surface area (Å²) in [7, 11) is 0. The lowest BCUT2D eigenvalue weighted by molar-refractivity contribution is -0.0539. The second-order valence-corrected chi connectivity index (χ2v) is 3.41. The molecule has 0 spiro atoms. The van der Waals surface area contributed by atoms with Gasteiger partial charge < -0.3 is 4.74 Å². The van der Waals surface area contributed by atoms with E-state index in [-0.39, 0.29) is 6.21 Å². The summed E-state index contributed by atoms with van der Waals surface area (Å²) < 4.78 is 39.1. The number of hydrazone groups is 1. The number of hydrogen-bond acceptors (Lipinski definition) is 3. The average Bonchev–Trinajstić information content (AvgIpc) is 1.78. The van der Waals surface area contributed by atoms with Gasteiger partial charge in [0.15, 0.2) is 0 Å². The molecule has 0 radical (unpaired) electrons. The molecule has 0 aromatic heterocycles. The van der Waals surface area contributed by atoms with Crippen LogP contribution in [0.2, 0.25) is 0 Å². The first-order valence-electron chi connectivity index (χ1n) is 3.70. The lowest BCUT2D eigenvalue weighted by Gasteiger charge is -2.18. The molecule has 0 aromatic carbocycles. The fourth-order valence-corrected chi connectivity index (χ4v) is 0.459. The Bertz CT molecular complexity index is 230. The molecule has 0 atom stereocenters. The second-order valence-electron chi connectivity index (χ2n) is 3.41. The topological polar surface area (TPSA) is 50.7 Å². The van der Waals surface area contributed by atoms with Crippen molar-refractivity contribution in [2.75, 3.05) is 0 Å². The highest BCUT2D eigenvalue weighted by atomic mass is 19.4. The van der Waals surface area contributed by atoms with Gasteiger partial charge in [0.25, 0.3) is 0 Å². The highest BCUT2D eigenvalue weighted by molar-refractivity contribution is 5.70. The minimum absolute atomic E-state index is 0.336. The molecule has 0 bridgehead atoms. The van der Waals surface area contributed by atoms with E-state index in [1.165, 1.54) is 0 Å². The van der Waals surface area contributed by atoms with Crippen LogP contribution in [0.5, 0.6) is 0 Å². The predicted octanol–water partition coefficient (Wildman–Crippen LogP) is 2.06. The van der Waals surface area contributed by atoms with E-state index in [4.69, 9.17) is 0 Å². The number of amides is 1. The monoisotopic (exact) mass is 212 g/mol. The first-order valence-corrected chi connectivity index (χ1v) is 3.70. The zero-order chi connectivity index (χ0) is 11.4. The van der Waals surface area contributed by atoms with Crippen molar-refractivity contribution in [2.24, 2.45) is 5.10 Å². The molecule has 0 fully saturated rings. The van der Waals surface area contributed by atoms with Crippen molar-refractivity contribution in [1.82, 2.24) is 5.43 Å². The minimum Gasteiger partial charge on any atom is -0.443 e. The number of ether oxygens (including phenoxy) is 1. The summed E-state index contributed by atoms with van der Waals surface area (Å²) in [5, 5.41) is 2.65. The van der Waals surface area contributed by atoms with Crippen molar-refractivity contribution < 1.29 is 22.7 Å². The summed E-state index contributed by atoms with van der Waals surface area (Å²) >= 11 is 0. The maximum absolute atomic E-state index is 11.5. The molecule has 0 unspecified atom stereocenters. The summed E-state index contributed by atoms with van der Waals surface area (Å²) in [5.74, 6) is 0. The Morgan fingerprint density at radius 2 is 1.86 bits per heavy atom. The molecule has 4 nitrogen and oxygen atoms in total. The molecule has 0 rings (SSSR count). The molecule has 0 saturated carbocycles. The van der Waals surface area contributed by atoms with Crippen LogP contribution >= 0.6 is 0 Å². The van der Waals surface area contributed by atoms with Crippen LogP contribution in [0.25, 0.3) is 0 Å². The fourth-order valence-electron chi connectivity index (χ4n) is 0.459. The molecule has 1 amide bonds. The van der Waals surface area contributed by atoms with E-state index < -0.39 is 17.9 Å². The van der Waals surface area contributed by atoms with E-state index in [0.29, 0.717) is 0 Å². The Kier molecular flexibility index (Phi) is 3.91. The zero-order valence-electron chi connectivity index (χ0n) is 7.97. The number of nitrogens with zero attached hydrogens (tertiary/aromatic N) is 1. The molecule has 7 heteroatoms. The van der Waals surface area contributed by atoms with Crippen LogP contribution in [-0.4, -0.2) is 24.1 Å². The summed E-state index contributed by atoms with van der Waals surface area (Å²) in [4.78, 5) is 10.7. The summed E-state index contributed by atoms with van der Waals surface area (Å²) in [6.45, 7) is 4.75. The van der Waals surface area contributed by atoms with Gasteiger partial charge in [0.2, 0.25) is 0 Å². The first-order chi connectivity index (χ1) is 6.10. The van der Waals surface area contributed by atoms with Crippen LogP contribution in [0.1, 0.15) is 20.8 Å². The maximum atomic E-state index is 11.5. The van der Waals surface area contributed by atoms with Gasteiger partial charge in [-0.15, -0.1) is 0 Å². The summed E-state index contributed by atoms with van der Waals surface area (Å²) in [5.41, 5.74) is 0.818. The average molecular weight is 212 g/mol. The van der Waals surface area contributed by atoms with E-state index in [1.807, 2.05) is 0 Å². The highest BCUT2D eigenvalue weighted by Gasteiger charge is 2.24. The van der Waals surface area contributed by atoms with Crippen LogP contribution in [0.3, 0.4) is 0 Å². The number of carbonyl (C=O) groups is 1. The standard InChI is InChI=1S/C7H11F3N2O2/c1-6(2,3)14-5(13)12-11-4-7(8,9)10/h4H,1-3H3,(H,12,13)/b11-4-. The van der Waals surface area contributed by atoms with Crippen molar-refractivity contribution >= 4 is 12.3 Å². The molecule has 0 aliphatic rings. The van der Waals surface area contributed by atoms with E-state index in [2.05, 4.69) is 9.84 Å². The highest BCUT2D eigenvalue weighted by Crippen LogP contribution is 2.10. The molecule has 14 heavy (non-hydrogen) atoms.